The van der Waals surface area contributed by atoms with E-state index in [1.807, 2.05) is 0 Å². The average molecular weight is 352 g/mol. The van der Waals surface area contributed by atoms with Crippen molar-refractivity contribution in [2.45, 2.75) is 6.42 Å². The molecule has 0 saturated heterocycles. The lowest BCUT2D eigenvalue weighted by Gasteiger charge is -2.07. The van der Waals surface area contributed by atoms with Crippen molar-refractivity contribution in [3.05, 3.63) is 78.4 Å². The van der Waals surface area contributed by atoms with E-state index < -0.39 is 11.9 Å². The highest BCUT2D eigenvalue weighted by Crippen LogP contribution is 2.17. The van der Waals surface area contributed by atoms with Crippen molar-refractivity contribution in [1.29, 1.82) is 0 Å². The Morgan fingerprint density at radius 2 is 1.65 bits per heavy atom. The summed E-state index contributed by atoms with van der Waals surface area (Å²) in [6.07, 6.45) is 5.47. The summed E-state index contributed by atoms with van der Waals surface area (Å²) >= 11 is 0. The second-order valence-electron chi connectivity index (χ2n) is 5.27. The van der Waals surface area contributed by atoms with Crippen molar-refractivity contribution in [3.8, 4) is 11.5 Å². The molecule has 26 heavy (non-hydrogen) atoms. The van der Waals surface area contributed by atoms with Gasteiger partial charge in [0, 0.05) is 6.08 Å². The van der Waals surface area contributed by atoms with E-state index in [1.54, 1.807) is 60.7 Å². The summed E-state index contributed by atoms with van der Waals surface area (Å²) in [5.74, 6) is 0.208. The third-order valence-electron chi connectivity index (χ3n) is 3.38. The number of hydrogen-bond acceptors (Lipinski definition) is 5. The molecule has 0 radical (unpaired) electrons. The molecule has 134 valence electrons. The predicted molar refractivity (Wildman–Crippen MR) is 99.2 cm³/mol. The van der Waals surface area contributed by atoms with Gasteiger partial charge in [0.25, 0.3) is 0 Å². The molecule has 0 amide bonds. The van der Waals surface area contributed by atoms with E-state index in [9.17, 15) is 9.59 Å². The van der Waals surface area contributed by atoms with Crippen LogP contribution in [-0.2, 0) is 9.53 Å². The fourth-order valence-corrected chi connectivity index (χ4v) is 1.99. The monoisotopic (exact) mass is 352 g/mol. The van der Waals surface area contributed by atoms with Crippen LogP contribution >= 0.6 is 0 Å². The van der Waals surface area contributed by atoms with Gasteiger partial charge in [0.05, 0.1) is 19.3 Å². The Hall–Kier alpha value is -3.34. The Morgan fingerprint density at radius 1 is 1.00 bits per heavy atom. The molecule has 0 N–H and O–H groups in total. The zero-order valence-corrected chi connectivity index (χ0v) is 14.5. The minimum Gasteiger partial charge on any atom is -0.493 e. The zero-order valence-electron chi connectivity index (χ0n) is 14.5. The van der Waals surface area contributed by atoms with Crippen LogP contribution in [-0.4, -0.2) is 25.7 Å². The van der Waals surface area contributed by atoms with Crippen LogP contribution in [0.25, 0.3) is 6.08 Å². The first kappa shape index (κ1) is 19.0. The summed E-state index contributed by atoms with van der Waals surface area (Å²) in [5, 5.41) is 0. The molecule has 0 aromatic heterocycles. The second-order valence-corrected chi connectivity index (χ2v) is 5.27. The molecule has 0 heterocycles. The van der Waals surface area contributed by atoms with Crippen molar-refractivity contribution in [3.63, 3.8) is 0 Å². The number of carbonyl (C=O) groups excluding carboxylic acids is 2. The van der Waals surface area contributed by atoms with E-state index in [0.717, 1.165) is 12.0 Å². The summed E-state index contributed by atoms with van der Waals surface area (Å²) in [6, 6.07) is 13.5. The maximum atomic E-state index is 12.2. The molecule has 0 spiro atoms. The van der Waals surface area contributed by atoms with Crippen LogP contribution in [0.5, 0.6) is 11.5 Å². The maximum Gasteiger partial charge on any atom is 0.343 e. The van der Waals surface area contributed by atoms with Crippen LogP contribution in [0.1, 0.15) is 22.3 Å². The summed E-state index contributed by atoms with van der Waals surface area (Å²) in [7, 11) is 1.31. The fraction of sp³-hybridized carbons (Fsp3) is 0.143. The molecule has 5 nitrogen and oxygen atoms in total. The van der Waals surface area contributed by atoms with Gasteiger partial charge in [-0.3, -0.25) is 0 Å². The minimum absolute atomic E-state index is 0.413. The van der Waals surface area contributed by atoms with Crippen LogP contribution in [0.4, 0.5) is 0 Å². The summed E-state index contributed by atoms with van der Waals surface area (Å²) in [4.78, 5) is 23.2. The Kier molecular flexibility index (Phi) is 7.18. The van der Waals surface area contributed by atoms with Gasteiger partial charge in [0.2, 0.25) is 0 Å². The standard InChI is InChI=1S/C21H20O5/c1-3-4-15-25-18-12-8-17(9-13-18)21(23)26-19-10-5-16(6-11-19)7-14-20(22)24-2/h3,5-14H,1,4,15H2,2H3. The van der Waals surface area contributed by atoms with E-state index in [4.69, 9.17) is 9.47 Å². The van der Waals surface area contributed by atoms with Crippen molar-refractivity contribution < 1.29 is 23.8 Å². The SMILES string of the molecule is C=CCCOc1ccc(C(=O)Oc2ccc(C=CC(=O)OC)cc2)cc1. The number of methoxy groups -OCH3 is 1. The Labute approximate surface area is 152 Å². The minimum atomic E-state index is -0.458. The molecule has 2 rings (SSSR count). The molecule has 5 heteroatoms. The number of carbonyl (C=O) groups is 2. The molecular weight excluding hydrogens is 332 g/mol. The lowest BCUT2D eigenvalue weighted by Crippen LogP contribution is -2.08. The van der Waals surface area contributed by atoms with Crippen LogP contribution in [0.15, 0.2) is 67.3 Å². The third kappa shape index (κ3) is 5.94. The van der Waals surface area contributed by atoms with Gasteiger partial charge in [0.15, 0.2) is 0 Å². The fourth-order valence-electron chi connectivity index (χ4n) is 1.99. The molecule has 0 atom stereocenters. The molecule has 2 aromatic rings. The van der Waals surface area contributed by atoms with Gasteiger partial charge in [0.1, 0.15) is 11.5 Å². The van der Waals surface area contributed by atoms with Gasteiger partial charge < -0.3 is 14.2 Å². The van der Waals surface area contributed by atoms with Gasteiger partial charge in [-0.2, -0.15) is 0 Å². The molecule has 0 aliphatic rings. The van der Waals surface area contributed by atoms with E-state index in [-0.39, 0.29) is 0 Å². The van der Waals surface area contributed by atoms with Crippen LogP contribution in [0.2, 0.25) is 0 Å². The first-order valence-electron chi connectivity index (χ1n) is 8.04. The third-order valence-corrected chi connectivity index (χ3v) is 3.38. The molecule has 0 aliphatic heterocycles. The number of ether oxygens (including phenoxy) is 3. The van der Waals surface area contributed by atoms with Crippen LogP contribution in [0.3, 0.4) is 0 Å². The largest absolute Gasteiger partial charge is 0.493 e. The maximum absolute atomic E-state index is 12.2. The highest BCUT2D eigenvalue weighted by molar-refractivity contribution is 5.91. The number of benzene rings is 2. The van der Waals surface area contributed by atoms with E-state index in [2.05, 4.69) is 11.3 Å². The quantitative estimate of drug-likeness (QED) is 0.236. The van der Waals surface area contributed by atoms with Crippen LogP contribution < -0.4 is 9.47 Å². The highest BCUT2D eigenvalue weighted by atomic mass is 16.5. The van der Waals surface area contributed by atoms with E-state index in [1.165, 1.54) is 13.2 Å². The smallest absolute Gasteiger partial charge is 0.343 e. The zero-order chi connectivity index (χ0) is 18.8. The van der Waals surface area contributed by atoms with Gasteiger partial charge in [-0.15, -0.1) is 6.58 Å². The van der Waals surface area contributed by atoms with Gasteiger partial charge in [-0.1, -0.05) is 18.2 Å². The molecule has 0 aliphatic carbocycles. The first-order valence-corrected chi connectivity index (χ1v) is 8.04. The lowest BCUT2D eigenvalue weighted by molar-refractivity contribution is -0.134. The number of hydrogen-bond donors (Lipinski definition) is 0. The number of rotatable bonds is 8. The molecule has 0 fully saturated rings. The summed E-state index contributed by atoms with van der Waals surface area (Å²) < 4.78 is 15.4. The highest BCUT2D eigenvalue weighted by Gasteiger charge is 2.08. The van der Waals surface area contributed by atoms with E-state index >= 15 is 0 Å². The molecule has 2 aromatic carbocycles. The summed E-state index contributed by atoms with van der Waals surface area (Å²) in [5.41, 5.74) is 1.21. The predicted octanol–water partition coefficient (Wildman–Crippen LogP) is 4.05. The van der Waals surface area contributed by atoms with Crippen LogP contribution in [0, 0.1) is 0 Å². The average Bonchev–Trinajstić information content (AvgIpc) is 2.68. The van der Waals surface area contributed by atoms with E-state index in [0.29, 0.717) is 23.7 Å². The topological polar surface area (TPSA) is 61.8 Å². The molecule has 0 unspecified atom stereocenters. The van der Waals surface area contributed by atoms with Gasteiger partial charge >= 0.3 is 11.9 Å². The lowest BCUT2D eigenvalue weighted by atomic mass is 10.2. The second kappa shape index (κ2) is 9.84. The molecule has 0 bridgehead atoms. The number of esters is 2. The molecule has 0 saturated carbocycles. The van der Waals surface area contributed by atoms with Crippen molar-refractivity contribution >= 4 is 18.0 Å². The Balaban J connectivity index is 1.93. The van der Waals surface area contributed by atoms with Crippen molar-refractivity contribution in [2.24, 2.45) is 0 Å². The van der Waals surface area contributed by atoms with Gasteiger partial charge in [-0.05, 0) is 54.5 Å². The Bertz CT molecular complexity index is 773. The normalized spacial score (nSPS) is 10.3. The van der Waals surface area contributed by atoms with Crippen molar-refractivity contribution in [1.82, 2.24) is 0 Å². The van der Waals surface area contributed by atoms with Crippen molar-refractivity contribution in [2.75, 3.05) is 13.7 Å². The van der Waals surface area contributed by atoms with Gasteiger partial charge in [-0.25, -0.2) is 9.59 Å². The Morgan fingerprint density at radius 3 is 2.27 bits per heavy atom. The first-order chi connectivity index (χ1) is 12.6. The molecular formula is C21H20O5. The summed E-state index contributed by atoms with van der Waals surface area (Å²) in [6.45, 7) is 4.18.